The van der Waals surface area contributed by atoms with Gasteiger partial charge in [-0.05, 0) is 37.0 Å². The van der Waals surface area contributed by atoms with Crippen LogP contribution in [-0.2, 0) is 0 Å². The molecule has 0 aromatic carbocycles. The third-order valence-electron chi connectivity index (χ3n) is 5.02. The summed E-state index contributed by atoms with van der Waals surface area (Å²) in [4.78, 5) is 8.03. The van der Waals surface area contributed by atoms with Crippen molar-refractivity contribution in [2.75, 3.05) is 31.1 Å². The molecule has 1 aliphatic heterocycles. The highest BCUT2D eigenvalue weighted by Gasteiger charge is 2.27. The number of anilines is 1. The van der Waals surface area contributed by atoms with E-state index in [1.807, 2.05) is 12.3 Å². The lowest BCUT2D eigenvalue weighted by Crippen LogP contribution is -2.55. The highest BCUT2D eigenvalue weighted by Crippen LogP contribution is 2.24. The Labute approximate surface area is 138 Å². The Bertz CT molecular complexity index is 485. The predicted molar refractivity (Wildman–Crippen MR) is 93.9 cm³/mol. The number of nitrogens with one attached hydrogen (secondary N) is 2. The van der Waals surface area contributed by atoms with Crippen molar-refractivity contribution in [3.05, 3.63) is 24.4 Å². The first-order valence-corrected chi connectivity index (χ1v) is 8.92. The molecule has 120 valence electrons. The van der Waals surface area contributed by atoms with E-state index in [0.29, 0.717) is 6.04 Å². The monoisotopic (exact) mass is 319 g/mol. The van der Waals surface area contributed by atoms with Crippen molar-refractivity contribution >= 4 is 23.1 Å². The maximum Gasteiger partial charge on any atom is 0.274 e. The SMILES string of the molecule is C[C@H]1CCCC[C@@H]1NC(=S)N1CCN(c2cccc[nH+]2)CC1. The third-order valence-corrected chi connectivity index (χ3v) is 5.40. The van der Waals surface area contributed by atoms with Crippen molar-refractivity contribution in [3.63, 3.8) is 0 Å². The van der Waals surface area contributed by atoms with E-state index >= 15 is 0 Å². The van der Waals surface area contributed by atoms with Crippen LogP contribution in [0.1, 0.15) is 32.6 Å². The highest BCUT2D eigenvalue weighted by atomic mass is 32.1. The van der Waals surface area contributed by atoms with Crippen molar-refractivity contribution in [1.82, 2.24) is 10.2 Å². The average Bonchev–Trinajstić information content (AvgIpc) is 2.58. The van der Waals surface area contributed by atoms with Gasteiger partial charge in [0.15, 0.2) is 5.11 Å². The molecule has 2 fully saturated rings. The van der Waals surface area contributed by atoms with Crippen molar-refractivity contribution in [2.24, 2.45) is 5.92 Å². The summed E-state index contributed by atoms with van der Waals surface area (Å²) in [6, 6.07) is 6.80. The standard InChI is InChI=1S/C17H26N4S/c1-14-6-2-3-7-15(14)19-17(22)21-12-10-20(11-13-21)16-8-4-5-9-18-16/h4-5,8-9,14-15H,2-3,6-7,10-13H2,1H3,(H,19,22)/p+1/t14-,15-/m0/s1. The predicted octanol–water partition coefficient (Wildman–Crippen LogP) is 2.08. The van der Waals surface area contributed by atoms with Crippen LogP contribution in [0.25, 0.3) is 0 Å². The molecule has 2 atom stereocenters. The highest BCUT2D eigenvalue weighted by molar-refractivity contribution is 7.80. The fourth-order valence-corrected chi connectivity index (χ4v) is 3.85. The van der Waals surface area contributed by atoms with Crippen LogP contribution in [0.15, 0.2) is 24.4 Å². The summed E-state index contributed by atoms with van der Waals surface area (Å²) in [7, 11) is 0. The molecule has 0 spiro atoms. The van der Waals surface area contributed by atoms with E-state index in [-0.39, 0.29) is 0 Å². The van der Waals surface area contributed by atoms with E-state index in [4.69, 9.17) is 12.2 Å². The number of hydrogen-bond donors (Lipinski definition) is 1. The van der Waals surface area contributed by atoms with Gasteiger partial charge in [0.25, 0.3) is 5.82 Å². The summed E-state index contributed by atoms with van der Waals surface area (Å²) in [6.07, 6.45) is 7.29. The minimum Gasteiger partial charge on any atom is -0.360 e. The number of H-pyrrole nitrogens is 1. The fraction of sp³-hybridized carbons (Fsp3) is 0.647. The van der Waals surface area contributed by atoms with Gasteiger partial charge in [-0.1, -0.05) is 25.8 Å². The van der Waals surface area contributed by atoms with Gasteiger partial charge in [0.05, 0.1) is 19.3 Å². The number of hydrogen-bond acceptors (Lipinski definition) is 2. The van der Waals surface area contributed by atoms with Crippen molar-refractivity contribution in [2.45, 2.75) is 38.6 Å². The van der Waals surface area contributed by atoms with Gasteiger partial charge in [-0.2, -0.15) is 0 Å². The van der Waals surface area contributed by atoms with Crippen molar-refractivity contribution < 1.29 is 4.98 Å². The maximum atomic E-state index is 5.65. The van der Waals surface area contributed by atoms with Gasteiger partial charge in [0.2, 0.25) is 0 Å². The minimum atomic E-state index is 0.571. The molecule has 0 amide bonds. The normalized spacial score (nSPS) is 25.9. The van der Waals surface area contributed by atoms with Crippen LogP contribution in [0.5, 0.6) is 0 Å². The van der Waals surface area contributed by atoms with Gasteiger partial charge < -0.3 is 10.2 Å². The lowest BCUT2D eigenvalue weighted by Gasteiger charge is -2.36. The second kappa shape index (κ2) is 7.27. The second-order valence-corrected chi connectivity index (χ2v) is 6.93. The Morgan fingerprint density at radius 1 is 1.18 bits per heavy atom. The molecule has 22 heavy (non-hydrogen) atoms. The van der Waals surface area contributed by atoms with Crippen LogP contribution in [0.4, 0.5) is 5.82 Å². The molecule has 5 heteroatoms. The van der Waals surface area contributed by atoms with Gasteiger partial charge in [-0.3, -0.25) is 4.90 Å². The molecular formula is C17H27N4S+. The molecule has 4 nitrogen and oxygen atoms in total. The quantitative estimate of drug-likeness (QED) is 0.846. The number of piperazine rings is 1. The summed E-state index contributed by atoms with van der Waals surface area (Å²) in [5.74, 6) is 1.94. The molecule has 1 aromatic heterocycles. The van der Waals surface area contributed by atoms with Crippen LogP contribution in [0.2, 0.25) is 0 Å². The molecule has 2 N–H and O–H groups in total. The smallest absolute Gasteiger partial charge is 0.274 e. The van der Waals surface area contributed by atoms with Gasteiger partial charge in [-0.15, -0.1) is 0 Å². The van der Waals surface area contributed by atoms with Crippen LogP contribution >= 0.6 is 12.2 Å². The van der Waals surface area contributed by atoms with Crippen LogP contribution in [0.3, 0.4) is 0 Å². The topological polar surface area (TPSA) is 32.6 Å². The van der Waals surface area contributed by atoms with E-state index in [9.17, 15) is 0 Å². The van der Waals surface area contributed by atoms with Gasteiger partial charge in [0.1, 0.15) is 13.1 Å². The summed E-state index contributed by atoms with van der Waals surface area (Å²) < 4.78 is 0. The molecule has 1 saturated heterocycles. The van der Waals surface area contributed by atoms with Crippen molar-refractivity contribution in [1.29, 1.82) is 0 Å². The van der Waals surface area contributed by atoms with Gasteiger partial charge >= 0.3 is 0 Å². The molecular weight excluding hydrogens is 292 g/mol. The zero-order valence-corrected chi connectivity index (χ0v) is 14.2. The largest absolute Gasteiger partial charge is 0.360 e. The molecule has 0 bridgehead atoms. The Balaban J connectivity index is 1.49. The van der Waals surface area contributed by atoms with E-state index in [1.165, 1.54) is 31.5 Å². The number of rotatable bonds is 2. The molecule has 2 aliphatic rings. The Kier molecular flexibility index (Phi) is 5.13. The molecule has 0 unspecified atom stereocenters. The van der Waals surface area contributed by atoms with Crippen LogP contribution in [-0.4, -0.2) is 42.2 Å². The first-order valence-electron chi connectivity index (χ1n) is 8.51. The Morgan fingerprint density at radius 3 is 2.64 bits per heavy atom. The molecule has 0 radical (unpaired) electrons. The molecule has 1 aliphatic carbocycles. The second-order valence-electron chi connectivity index (χ2n) is 6.54. The number of pyridine rings is 1. The Hall–Kier alpha value is -1.36. The first-order chi connectivity index (χ1) is 10.7. The average molecular weight is 319 g/mol. The molecule has 3 rings (SSSR count). The molecule has 2 heterocycles. The van der Waals surface area contributed by atoms with Crippen molar-refractivity contribution in [3.8, 4) is 0 Å². The third kappa shape index (κ3) is 3.69. The number of aromatic nitrogens is 1. The van der Waals surface area contributed by atoms with E-state index in [0.717, 1.165) is 37.2 Å². The number of thiocarbonyl (C=S) groups is 1. The van der Waals surface area contributed by atoms with Gasteiger partial charge in [-0.25, -0.2) is 4.98 Å². The molecule has 1 saturated carbocycles. The summed E-state index contributed by atoms with van der Waals surface area (Å²) in [5, 5.41) is 4.58. The fourth-order valence-electron chi connectivity index (χ4n) is 3.51. The zero-order chi connectivity index (χ0) is 15.4. The number of nitrogens with zero attached hydrogens (tertiary/aromatic N) is 2. The zero-order valence-electron chi connectivity index (χ0n) is 13.4. The summed E-state index contributed by atoms with van der Waals surface area (Å²) >= 11 is 5.65. The lowest BCUT2D eigenvalue weighted by atomic mass is 9.86. The number of aromatic amines is 1. The summed E-state index contributed by atoms with van der Waals surface area (Å²) in [5.41, 5.74) is 0. The first kappa shape index (κ1) is 15.5. The van der Waals surface area contributed by atoms with Crippen LogP contribution < -0.4 is 15.2 Å². The van der Waals surface area contributed by atoms with Crippen LogP contribution in [0, 0.1) is 5.92 Å². The minimum absolute atomic E-state index is 0.571. The van der Waals surface area contributed by atoms with E-state index in [2.05, 4.69) is 39.2 Å². The van der Waals surface area contributed by atoms with E-state index < -0.39 is 0 Å². The molecule has 1 aromatic rings. The lowest BCUT2D eigenvalue weighted by molar-refractivity contribution is -0.364. The maximum absolute atomic E-state index is 5.65. The Morgan fingerprint density at radius 2 is 1.95 bits per heavy atom. The van der Waals surface area contributed by atoms with E-state index in [1.54, 1.807) is 0 Å². The van der Waals surface area contributed by atoms with Gasteiger partial charge in [0, 0.05) is 12.1 Å². The summed E-state index contributed by atoms with van der Waals surface area (Å²) in [6.45, 7) is 6.37.